The van der Waals surface area contributed by atoms with Gasteiger partial charge in [0.05, 0.1) is 18.2 Å². The molecule has 3 atom stereocenters. The molecular formula is C19H26O4. The van der Waals surface area contributed by atoms with Gasteiger partial charge in [-0.05, 0) is 42.7 Å². The van der Waals surface area contributed by atoms with E-state index in [-0.39, 0.29) is 17.2 Å². The second-order valence-corrected chi connectivity index (χ2v) is 6.81. The van der Waals surface area contributed by atoms with Crippen molar-refractivity contribution in [2.24, 2.45) is 17.8 Å². The smallest absolute Gasteiger partial charge is 0.339 e. The van der Waals surface area contributed by atoms with E-state index in [1.165, 1.54) is 13.5 Å². The van der Waals surface area contributed by atoms with Crippen molar-refractivity contribution in [2.45, 2.75) is 46.1 Å². The third-order valence-corrected chi connectivity index (χ3v) is 4.77. The second-order valence-electron chi connectivity index (χ2n) is 6.81. The van der Waals surface area contributed by atoms with E-state index < -0.39 is 11.9 Å². The fraction of sp³-hybridized carbons (Fsp3) is 0.579. The molecule has 0 bridgehead atoms. The standard InChI is InChI=1S/C19H26O4/c1-12(2)14-10-9-13(3)11-17(14)23-19(21)16-8-6-5-7-15(16)18(20)22-4/h5-8,12-14,17H,9-11H2,1-4H3/t13-,14+,17-/m1/s1. The summed E-state index contributed by atoms with van der Waals surface area (Å²) < 4.78 is 10.6. The summed E-state index contributed by atoms with van der Waals surface area (Å²) in [6, 6.07) is 6.65. The highest BCUT2D eigenvalue weighted by Gasteiger charge is 2.34. The van der Waals surface area contributed by atoms with Gasteiger partial charge < -0.3 is 9.47 Å². The van der Waals surface area contributed by atoms with E-state index in [4.69, 9.17) is 9.47 Å². The Bertz CT molecular complexity index is 564. The van der Waals surface area contributed by atoms with Crippen LogP contribution in [0.25, 0.3) is 0 Å². The first-order chi connectivity index (χ1) is 10.9. The molecule has 0 heterocycles. The molecule has 1 aliphatic carbocycles. The Morgan fingerprint density at radius 3 is 2.26 bits per heavy atom. The molecule has 1 aromatic rings. The maximum absolute atomic E-state index is 12.6. The molecule has 1 fully saturated rings. The molecule has 0 saturated heterocycles. The quantitative estimate of drug-likeness (QED) is 0.785. The Hall–Kier alpha value is -1.84. The molecule has 1 aromatic carbocycles. The van der Waals surface area contributed by atoms with Gasteiger partial charge in [0.15, 0.2) is 0 Å². The van der Waals surface area contributed by atoms with Gasteiger partial charge in [-0.1, -0.05) is 39.3 Å². The lowest BCUT2D eigenvalue weighted by Crippen LogP contribution is -2.36. The summed E-state index contributed by atoms with van der Waals surface area (Å²) in [6.07, 6.45) is 3.05. The zero-order valence-electron chi connectivity index (χ0n) is 14.4. The summed E-state index contributed by atoms with van der Waals surface area (Å²) >= 11 is 0. The molecule has 1 saturated carbocycles. The lowest BCUT2D eigenvalue weighted by molar-refractivity contribution is -0.0176. The molecule has 4 heteroatoms. The van der Waals surface area contributed by atoms with Crippen LogP contribution in [0.5, 0.6) is 0 Å². The minimum Gasteiger partial charge on any atom is -0.465 e. The molecule has 2 rings (SSSR count). The Morgan fingerprint density at radius 2 is 1.70 bits per heavy atom. The van der Waals surface area contributed by atoms with Crippen molar-refractivity contribution in [2.75, 3.05) is 7.11 Å². The molecule has 126 valence electrons. The van der Waals surface area contributed by atoms with E-state index in [2.05, 4.69) is 20.8 Å². The molecular weight excluding hydrogens is 292 g/mol. The van der Waals surface area contributed by atoms with Crippen molar-refractivity contribution in [3.63, 3.8) is 0 Å². The number of carbonyl (C=O) groups is 2. The lowest BCUT2D eigenvalue weighted by Gasteiger charge is -2.36. The van der Waals surface area contributed by atoms with Crippen LogP contribution in [0, 0.1) is 17.8 Å². The normalized spacial score (nSPS) is 24.3. The van der Waals surface area contributed by atoms with Gasteiger partial charge in [-0.25, -0.2) is 9.59 Å². The molecule has 4 nitrogen and oxygen atoms in total. The molecule has 0 spiro atoms. The van der Waals surface area contributed by atoms with Crippen molar-refractivity contribution < 1.29 is 19.1 Å². The Kier molecular flexibility index (Phi) is 5.80. The summed E-state index contributed by atoms with van der Waals surface area (Å²) in [6.45, 7) is 6.54. The van der Waals surface area contributed by atoms with Crippen molar-refractivity contribution >= 4 is 11.9 Å². The molecule has 0 amide bonds. The molecule has 0 aliphatic heterocycles. The number of ether oxygens (including phenoxy) is 2. The lowest BCUT2D eigenvalue weighted by atomic mass is 9.75. The van der Waals surface area contributed by atoms with Crippen LogP contribution >= 0.6 is 0 Å². The van der Waals surface area contributed by atoms with Gasteiger partial charge in [-0.2, -0.15) is 0 Å². The predicted molar refractivity (Wildman–Crippen MR) is 88.3 cm³/mol. The number of methoxy groups -OCH3 is 1. The summed E-state index contributed by atoms with van der Waals surface area (Å²) in [5.41, 5.74) is 0.532. The summed E-state index contributed by atoms with van der Waals surface area (Å²) in [7, 11) is 1.31. The maximum Gasteiger partial charge on any atom is 0.339 e. The van der Waals surface area contributed by atoms with E-state index in [1.54, 1.807) is 24.3 Å². The van der Waals surface area contributed by atoms with Crippen LogP contribution in [0.2, 0.25) is 0 Å². The first-order valence-electron chi connectivity index (χ1n) is 8.32. The highest BCUT2D eigenvalue weighted by molar-refractivity contribution is 6.03. The largest absolute Gasteiger partial charge is 0.465 e. The van der Waals surface area contributed by atoms with Gasteiger partial charge in [0.25, 0.3) is 0 Å². The molecule has 0 aromatic heterocycles. The van der Waals surface area contributed by atoms with Crippen molar-refractivity contribution in [1.82, 2.24) is 0 Å². The van der Waals surface area contributed by atoms with Crippen LogP contribution < -0.4 is 0 Å². The number of carbonyl (C=O) groups excluding carboxylic acids is 2. The average molecular weight is 318 g/mol. The number of hydrogen-bond acceptors (Lipinski definition) is 4. The molecule has 1 aliphatic rings. The maximum atomic E-state index is 12.6. The van der Waals surface area contributed by atoms with Crippen LogP contribution in [-0.2, 0) is 9.47 Å². The van der Waals surface area contributed by atoms with E-state index in [0.29, 0.717) is 17.8 Å². The summed E-state index contributed by atoms with van der Waals surface area (Å²) in [5.74, 6) is 0.445. The fourth-order valence-electron chi connectivity index (χ4n) is 3.40. The SMILES string of the molecule is COC(=O)c1ccccc1C(=O)O[C@@H]1C[C@H](C)CC[C@H]1C(C)C. The summed E-state index contributed by atoms with van der Waals surface area (Å²) in [4.78, 5) is 24.4. The molecule has 0 radical (unpaired) electrons. The first-order valence-corrected chi connectivity index (χ1v) is 8.32. The molecule has 0 unspecified atom stereocenters. The Morgan fingerprint density at radius 1 is 1.09 bits per heavy atom. The monoisotopic (exact) mass is 318 g/mol. The van der Waals surface area contributed by atoms with E-state index in [9.17, 15) is 9.59 Å². The number of hydrogen-bond donors (Lipinski definition) is 0. The van der Waals surface area contributed by atoms with E-state index >= 15 is 0 Å². The number of benzene rings is 1. The van der Waals surface area contributed by atoms with Gasteiger partial charge in [-0.15, -0.1) is 0 Å². The zero-order chi connectivity index (χ0) is 17.0. The molecule has 0 N–H and O–H groups in total. The van der Waals surface area contributed by atoms with Gasteiger partial charge >= 0.3 is 11.9 Å². The van der Waals surface area contributed by atoms with Crippen LogP contribution in [-0.4, -0.2) is 25.2 Å². The average Bonchev–Trinajstić information content (AvgIpc) is 2.53. The predicted octanol–water partition coefficient (Wildman–Crippen LogP) is 4.09. The van der Waals surface area contributed by atoms with Crippen LogP contribution in [0.15, 0.2) is 24.3 Å². The Labute approximate surface area is 138 Å². The highest BCUT2D eigenvalue weighted by atomic mass is 16.5. The first kappa shape index (κ1) is 17.5. The number of esters is 2. The second kappa shape index (κ2) is 7.62. The third-order valence-electron chi connectivity index (χ3n) is 4.77. The topological polar surface area (TPSA) is 52.6 Å². The zero-order valence-corrected chi connectivity index (χ0v) is 14.4. The van der Waals surface area contributed by atoms with Gasteiger partial charge in [0, 0.05) is 0 Å². The van der Waals surface area contributed by atoms with Gasteiger partial charge in [-0.3, -0.25) is 0 Å². The van der Waals surface area contributed by atoms with Gasteiger partial charge in [0.2, 0.25) is 0 Å². The van der Waals surface area contributed by atoms with Crippen molar-refractivity contribution in [3.05, 3.63) is 35.4 Å². The van der Waals surface area contributed by atoms with Crippen LogP contribution in [0.1, 0.15) is 60.7 Å². The van der Waals surface area contributed by atoms with E-state index in [1.807, 2.05) is 0 Å². The minimum absolute atomic E-state index is 0.0862. The highest BCUT2D eigenvalue weighted by Crippen LogP contribution is 2.35. The van der Waals surface area contributed by atoms with Crippen molar-refractivity contribution in [3.8, 4) is 0 Å². The fourth-order valence-corrected chi connectivity index (χ4v) is 3.40. The van der Waals surface area contributed by atoms with Crippen molar-refractivity contribution in [1.29, 1.82) is 0 Å². The molecule has 23 heavy (non-hydrogen) atoms. The third kappa shape index (κ3) is 4.12. The minimum atomic E-state index is -0.519. The van der Waals surface area contributed by atoms with Crippen LogP contribution in [0.3, 0.4) is 0 Å². The van der Waals surface area contributed by atoms with E-state index in [0.717, 1.165) is 12.8 Å². The Balaban J connectivity index is 2.19. The van der Waals surface area contributed by atoms with Crippen LogP contribution in [0.4, 0.5) is 0 Å². The number of rotatable bonds is 4. The van der Waals surface area contributed by atoms with Gasteiger partial charge in [0.1, 0.15) is 6.10 Å². The summed E-state index contributed by atoms with van der Waals surface area (Å²) in [5, 5.41) is 0.